The lowest BCUT2D eigenvalue weighted by molar-refractivity contribution is -0.194. The Hall–Kier alpha value is -2.05. The van der Waals surface area contributed by atoms with E-state index in [0.717, 1.165) is 12.8 Å². The van der Waals surface area contributed by atoms with Crippen LogP contribution in [0, 0.1) is 34.0 Å². The fourth-order valence-corrected chi connectivity index (χ4v) is 8.24. The van der Waals surface area contributed by atoms with E-state index in [2.05, 4.69) is 20.1 Å². The van der Waals surface area contributed by atoms with Crippen molar-refractivity contribution in [3.63, 3.8) is 0 Å². The summed E-state index contributed by atoms with van der Waals surface area (Å²) in [7, 11) is 0. The predicted octanol–water partition coefficient (Wildman–Crippen LogP) is 4.46. The zero-order chi connectivity index (χ0) is 25.8. The molecule has 0 aromatic heterocycles. The SMILES string of the molecule is C=C[C@H]1C(=O)C2=C(C[C@]1(C)C=C)O[C@H]1O[C@](C)([C@@H]3C[C@H]4[C@@](C)(CCC[C@@]4(C)O)CC3=O)C(=O)[C@@]21C. The molecule has 0 bridgehead atoms. The van der Waals surface area contributed by atoms with Gasteiger partial charge in [0.05, 0.1) is 17.1 Å². The van der Waals surface area contributed by atoms with Crippen LogP contribution in [0.5, 0.6) is 0 Å². The van der Waals surface area contributed by atoms with Crippen molar-refractivity contribution in [3.05, 3.63) is 36.6 Å². The summed E-state index contributed by atoms with van der Waals surface area (Å²) in [5.41, 5.74) is -4.10. The van der Waals surface area contributed by atoms with E-state index < -0.39 is 40.2 Å². The molecule has 6 nitrogen and oxygen atoms in total. The molecule has 0 aromatic carbocycles. The number of hydrogen-bond donors (Lipinski definition) is 1. The number of aliphatic hydroxyl groups is 1. The minimum atomic E-state index is -1.42. The molecule has 1 saturated heterocycles. The molecule has 3 aliphatic carbocycles. The van der Waals surface area contributed by atoms with Crippen molar-refractivity contribution in [3.8, 4) is 0 Å². The highest BCUT2D eigenvalue weighted by Gasteiger charge is 2.72. The van der Waals surface area contributed by atoms with Crippen molar-refractivity contribution >= 4 is 17.3 Å². The molecular formula is C29H38O6. The average Bonchev–Trinajstić information content (AvgIpc) is 3.13. The number of hydrogen-bond acceptors (Lipinski definition) is 6. The van der Waals surface area contributed by atoms with Crippen molar-refractivity contribution in [2.45, 2.75) is 90.6 Å². The van der Waals surface area contributed by atoms with Gasteiger partial charge in [0.15, 0.2) is 11.6 Å². The van der Waals surface area contributed by atoms with Crippen LogP contribution in [0.1, 0.15) is 73.1 Å². The molecule has 0 radical (unpaired) electrons. The zero-order valence-corrected chi connectivity index (χ0v) is 21.6. The standard InChI is InChI=1S/C29H38O6/c1-8-16-22(31)21-19(15-25(16,3)9-2)34-24-28(21,6)23(32)29(7,35-24)17-13-20-26(4,14-18(17)30)11-10-12-27(20,5)33/h8-9,16-17,20,24,33H,1-2,10-15H2,3-7H3/t16-,17+,20-,24-,25-,26-,27+,28+,29+/m0/s1. The van der Waals surface area contributed by atoms with Gasteiger partial charge in [-0.1, -0.05) is 32.4 Å². The first-order chi connectivity index (χ1) is 16.2. The van der Waals surface area contributed by atoms with E-state index >= 15 is 0 Å². The molecule has 5 aliphatic rings. The van der Waals surface area contributed by atoms with Gasteiger partial charge in [0, 0.05) is 24.2 Å². The first-order valence-corrected chi connectivity index (χ1v) is 12.9. The molecule has 5 rings (SSSR count). The summed E-state index contributed by atoms with van der Waals surface area (Å²) < 4.78 is 12.6. The van der Waals surface area contributed by atoms with Crippen molar-refractivity contribution in [1.82, 2.24) is 0 Å². The Labute approximate surface area is 207 Å². The number of carbonyl (C=O) groups is 3. The second-order valence-corrected chi connectivity index (χ2v) is 12.8. The number of ketones is 3. The van der Waals surface area contributed by atoms with E-state index in [0.29, 0.717) is 37.0 Å². The summed E-state index contributed by atoms with van der Waals surface area (Å²) >= 11 is 0. The molecular weight excluding hydrogens is 444 g/mol. The van der Waals surface area contributed by atoms with Gasteiger partial charge in [-0.15, -0.1) is 13.2 Å². The predicted molar refractivity (Wildman–Crippen MR) is 130 cm³/mol. The highest BCUT2D eigenvalue weighted by Crippen LogP contribution is 2.62. The summed E-state index contributed by atoms with van der Waals surface area (Å²) in [5.74, 6) is -1.32. The second kappa shape index (κ2) is 7.25. The van der Waals surface area contributed by atoms with E-state index in [-0.39, 0.29) is 28.7 Å². The van der Waals surface area contributed by atoms with Gasteiger partial charge >= 0.3 is 0 Å². The van der Waals surface area contributed by atoms with Crippen LogP contribution in [0.4, 0.5) is 0 Å². The molecule has 2 heterocycles. The number of allylic oxidation sites excluding steroid dienone is 3. The number of fused-ring (bicyclic) bond motifs is 3. The highest BCUT2D eigenvalue weighted by molar-refractivity contribution is 6.12. The summed E-state index contributed by atoms with van der Waals surface area (Å²) in [6.07, 6.45) is 6.00. The van der Waals surface area contributed by atoms with Crippen LogP contribution in [0.2, 0.25) is 0 Å². The van der Waals surface area contributed by atoms with Crippen LogP contribution >= 0.6 is 0 Å². The molecule has 35 heavy (non-hydrogen) atoms. The fourth-order valence-electron chi connectivity index (χ4n) is 8.24. The Bertz CT molecular complexity index is 1080. The Kier molecular flexibility index (Phi) is 5.11. The molecule has 0 unspecified atom stereocenters. The Morgan fingerprint density at radius 3 is 2.34 bits per heavy atom. The van der Waals surface area contributed by atoms with Gasteiger partial charge in [-0.05, 0) is 51.4 Å². The van der Waals surface area contributed by atoms with Gasteiger partial charge in [-0.2, -0.15) is 0 Å². The number of Topliss-reactive ketones (excluding diaryl/α,β-unsaturated/α-hetero) is 3. The average molecular weight is 483 g/mol. The van der Waals surface area contributed by atoms with E-state index in [1.54, 1.807) is 26.0 Å². The van der Waals surface area contributed by atoms with Gasteiger partial charge in [-0.3, -0.25) is 14.4 Å². The lowest BCUT2D eigenvalue weighted by atomic mass is 9.51. The molecule has 6 heteroatoms. The van der Waals surface area contributed by atoms with Gasteiger partial charge < -0.3 is 14.6 Å². The number of rotatable bonds is 3. The minimum Gasteiger partial charge on any atom is -0.467 e. The van der Waals surface area contributed by atoms with Crippen LogP contribution in [0.25, 0.3) is 0 Å². The molecule has 1 N–H and O–H groups in total. The molecule has 9 atom stereocenters. The smallest absolute Gasteiger partial charge is 0.217 e. The summed E-state index contributed by atoms with van der Waals surface area (Å²) in [5, 5.41) is 11.2. The van der Waals surface area contributed by atoms with Crippen molar-refractivity contribution in [2.24, 2.45) is 34.0 Å². The molecule has 3 fully saturated rings. The van der Waals surface area contributed by atoms with E-state index in [1.165, 1.54) is 0 Å². The second-order valence-electron chi connectivity index (χ2n) is 12.8. The third kappa shape index (κ3) is 2.99. The number of ether oxygens (including phenoxy) is 2. The Morgan fingerprint density at radius 2 is 1.71 bits per heavy atom. The summed E-state index contributed by atoms with van der Waals surface area (Å²) in [4.78, 5) is 41.5. The maximum atomic E-state index is 14.3. The van der Waals surface area contributed by atoms with Crippen molar-refractivity contribution < 1.29 is 29.0 Å². The molecule has 0 spiro atoms. The molecule has 190 valence electrons. The molecule has 0 amide bonds. The van der Waals surface area contributed by atoms with Crippen molar-refractivity contribution in [2.75, 3.05) is 0 Å². The highest BCUT2D eigenvalue weighted by atomic mass is 16.7. The van der Waals surface area contributed by atoms with Gasteiger partial charge in [0.2, 0.25) is 6.29 Å². The topological polar surface area (TPSA) is 89.9 Å². The lowest BCUT2D eigenvalue weighted by Gasteiger charge is -2.55. The Morgan fingerprint density at radius 1 is 1.03 bits per heavy atom. The van der Waals surface area contributed by atoms with Gasteiger partial charge in [0.25, 0.3) is 0 Å². The van der Waals surface area contributed by atoms with E-state index in [1.807, 2.05) is 13.8 Å². The van der Waals surface area contributed by atoms with Crippen LogP contribution in [0.15, 0.2) is 36.6 Å². The molecule has 0 aromatic rings. The maximum absolute atomic E-state index is 14.3. The maximum Gasteiger partial charge on any atom is 0.217 e. The first-order valence-electron chi connectivity index (χ1n) is 12.9. The lowest BCUT2D eigenvalue weighted by Crippen LogP contribution is -2.59. The van der Waals surface area contributed by atoms with Gasteiger partial charge in [0.1, 0.15) is 22.6 Å². The normalized spacial score (nSPS) is 51.4. The quantitative estimate of drug-likeness (QED) is 0.597. The third-order valence-corrected chi connectivity index (χ3v) is 10.4. The van der Waals surface area contributed by atoms with Crippen molar-refractivity contribution in [1.29, 1.82) is 0 Å². The Balaban J connectivity index is 1.52. The van der Waals surface area contributed by atoms with Crippen LogP contribution < -0.4 is 0 Å². The van der Waals surface area contributed by atoms with Crippen LogP contribution in [0.3, 0.4) is 0 Å². The van der Waals surface area contributed by atoms with Crippen LogP contribution in [-0.4, -0.2) is 39.9 Å². The first kappa shape index (κ1) is 24.6. The molecule has 2 saturated carbocycles. The third-order valence-electron chi connectivity index (χ3n) is 10.4. The van der Waals surface area contributed by atoms with Crippen LogP contribution in [-0.2, 0) is 23.9 Å². The minimum absolute atomic E-state index is 0.00625. The summed E-state index contributed by atoms with van der Waals surface area (Å²) in [6, 6.07) is 0. The largest absolute Gasteiger partial charge is 0.467 e. The zero-order valence-electron chi connectivity index (χ0n) is 21.6. The summed E-state index contributed by atoms with van der Waals surface area (Å²) in [6.45, 7) is 17.1. The van der Waals surface area contributed by atoms with E-state index in [4.69, 9.17) is 9.47 Å². The fraction of sp³-hybridized carbons (Fsp3) is 0.690. The van der Waals surface area contributed by atoms with E-state index in [9.17, 15) is 19.5 Å². The van der Waals surface area contributed by atoms with Gasteiger partial charge in [-0.25, -0.2) is 0 Å². The molecule has 2 aliphatic heterocycles. The number of carbonyl (C=O) groups excluding carboxylic acids is 3. The monoisotopic (exact) mass is 482 g/mol.